The Kier molecular flexibility index (Phi) is 5.51. The van der Waals surface area contributed by atoms with Crippen molar-refractivity contribution in [2.24, 2.45) is 0 Å². The third-order valence-electron chi connectivity index (χ3n) is 2.98. The van der Waals surface area contributed by atoms with Crippen LogP contribution < -0.4 is 5.32 Å². The first-order valence-corrected chi connectivity index (χ1v) is 8.04. The number of halogens is 4. The van der Waals surface area contributed by atoms with Crippen LogP contribution in [-0.2, 0) is 0 Å². The molecule has 0 aliphatic heterocycles. The van der Waals surface area contributed by atoms with E-state index in [1.807, 2.05) is 31.2 Å². The topological polar surface area (TPSA) is 12.0 Å². The predicted molar refractivity (Wildman–Crippen MR) is 88.7 cm³/mol. The fourth-order valence-electron chi connectivity index (χ4n) is 2.06. The highest BCUT2D eigenvalue weighted by Crippen LogP contribution is 2.30. The smallest absolute Gasteiger partial charge is 0.137 e. The third kappa shape index (κ3) is 3.38. The Hall–Kier alpha value is -0.530. The zero-order valence-electron chi connectivity index (χ0n) is 10.8. The van der Waals surface area contributed by atoms with Gasteiger partial charge in [0.1, 0.15) is 11.6 Å². The molecule has 2 aromatic carbocycles. The number of hydrogen-bond donors (Lipinski definition) is 1. The molecule has 5 heteroatoms. The van der Waals surface area contributed by atoms with Crippen LogP contribution in [0.25, 0.3) is 0 Å². The Morgan fingerprint density at radius 3 is 2.50 bits per heavy atom. The molecule has 0 saturated carbocycles. The average molecular weight is 452 g/mol. The molecule has 1 N–H and O–H groups in total. The van der Waals surface area contributed by atoms with Crippen molar-refractivity contribution in [2.75, 3.05) is 6.54 Å². The number of rotatable bonds is 4. The van der Waals surface area contributed by atoms with Gasteiger partial charge in [0.15, 0.2) is 0 Å². The van der Waals surface area contributed by atoms with Crippen LogP contribution in [0, 0.1) is 15.2 Å². The van der Waals surface area contributed by atoms with Gasteiger partial charge < -0.3 is 5.32 Å². The largest absolute Gasteiger partial charge is 0.306 e. The Morgan fingerprint density at radius 1 is 1.15 bits per heavy atom. The van der Waals surface area contributed by atoms with Crippen LogP contribution in [0.5, 0.6) is 0 Å². The first-order valence-electron chi connectivity index (χ1n) is 6.16. The fourth-order valence-corrected chi connectivity index (χ4v) is 3.07. The molecular formula is C15H13BrF2IN. The maximum absolute atomic E-state index is 14.2. The monoisotopic (exact) mass is 451 g/mol. The summed E-state index contributed by atoms with van der Waals surface area (Å²) in [5, 5.41) is 3.22. The van der Waals surface area contributed by atoms with Crippen molar-refractivity contribution in [1.29, 1.82) is 0 Å². The molecule has 2 rings (SSSR count). The van der Waals surface area contributed by atoms with E-state index < -0.39 is 11.6 Å². The molecule has 1 atom stereocenters. The van der Waals surface area contributed by atoms with Gasteiger partial charge in [0, 0.05) is 9.13 Å². The molecule has 0 heterocycles. The molecule has 1 unspecified atom stereocenters. The lowest BCUT2D eigenvalue weighted by atomic mass is 9.98. The van der Waals surface area contributed by atoms with Gasteiger partial charge in [0.2, 0.25) is 0 Å². The lowest BCUT2D eigenvalue weighted by molar-refractivity contribution is 0.541. The minimum Gasteiger partial charge on any atom is -0.306 e. The minimum absolute atomic E-state index is 0.136. The van der Waals surface area contributed by atoms with Gasteiger partial charge in [0.05, 0.1) is 10.5 Å². The second-order valence-electron chi connectivity index (χ2n) is 4.30. The summed E-state index contributed by atoms with van der Waals surface area (Å²) < 4.78 is 29.1. The van der Waals surface area contributed by atoms with E-state index in [0.717, 1.165) is 9.13 Å². The molecule has 0 spiro atoms. The normalized spacial score (nSPS) is 12.4. The summed E-state index contributed by atoms with van der Waals surface area (Å²) in [5.41, 5.74) is 1.26. The van der Waals surface area contributed by atoms with Crippen molar-refractivity contribution in [3.05, 3.63) is 67.2 Å². The van der Waals surface area contributed by atoms with Gasteiger partial charge in [-0.25, -0.2) is 8.78 Å². The summed E-state index contributed by atoms with van der Waals surface area (Å²) in [6.45, 7) is 2.60. The number of nitrogens with one attached hydrogen (secondary N) is 1. The second-order valence-corrected chi connectivity index (χ2v) is 6.32. The van der Waals surface area contributed by atoms with Crippen LogP contribution >= 0.6 is 38.5 Å². The van der Waals surface area contributed by atoms with Gasteiger partial charge in [-0.1, -0.05) is 25.1 Å². The van der Waals surface area contributed by atoms with Gasteiger partial charge >= 0.3 is 0 Å². The molecule has 106 valence electrons. The van der Waals surface area contributed by atoms with Crippen LogP contribution in [0.2, 0.25) is 0 Å². The van der Waals surface area contributed by atoms with E-state index in [1.54, 1.807) is 0 Å². The minimum atomic E-state index is -0.463. The molecule has 0 amide bonds. The predicted octanol–water partition coefficient (Wildman–Crippen LogP) is 5.03. The molecule has 2 aromatic rings. The van der Waals surface area contributed by atoms with Gasteiger partial charge in [-0.15, -0.1) is 0 Å². The maximum atomic E-state index is 14.2. The lowest BCUT2D eigenvalue weighted by Crippen LogP contribution is -2.24. The molecule has 20 heavy (non-hydrogen) atoms. The van der Waals surface area contributed by atoms with E-state index >= 15 is 0 Å². The maximum Gasteiger partial charge on any atom is 0.137 e. The Balaban J connectivity index is 2.54. The first-order chi connectivity index (χ1) is 9.54. The SMILES string of the molecule is CCNC(c1cc(F)c(Br)cc1F)c1ccccc1I. The Labute approximate surface area is 139 Å². The molecule has 0 aromatic heterocycles. The van der Waals surface area contributed by atoms with Crippen LogP contribution in [0.15, 0.2) is 40.9 Å². The molecule has 0 saturated heterocycles. The molecule has 1 nitrogen and oxygen atoms in total. The van der Waals surface area contributed by atoms with Crippen LogP contribution in [0.4, 0.5) is 8.78 Å². The van der Waals surface area contributed by atoms with E-state index in [1.165, 1.54) is 12.1 Å². The highest BCUT2D eigenvalue weighted by atomic mass is 127. The highest BCUT2D eigenvalue weighted by Gasteiger charge is 2.20. The second kappa shape index (κ2) is 6.95. The summed E-state index contributed by atoms with van der Waals surface area (Å²) >= 11 is 5.21. The zero-order valence-corrected chi connectivity index (χ0v) is 14.5. The van der Waals surface area contributed by atoms with Crippen molar-refractivity contribution in [3.63, 3.8) is 0 Å². The van der Waals surface area contributed by atoms with Crippen molar-refractivity contribution in [3.8, 4) is 0 Å². The van der Waals surface area contributed by atoms with E-state index in [0.29, 0.717) is 12.1 Å². The molecule has 0 aliphatic carbocycles. The van der Waals surface area contributed by atoms with E-state index in [4.69, 9.17) is 0 Å². The Bertz CT molecular complexity index is 619. The van der Waals surface area contributed by atoms with Gasteiger partial charge in [-0.2, -0.15) is 0 Å². The van der Waals surface area contributed by atoms with Gasteiger partial charge in [-0.3, -0.25) is 0 Å². The van der Waals surface area contributed by atoms with Gasteiger partial charge in [-0.05, 0) is 68.8 Å². The summed E-state index contributed by atoms with van der Waals surface area (Å²) in [4.78, 5) is 0. The number of hydrogen-bond acceptors (Lipinski definition) is 1. The van der Waals surface area contributed by atoms with Crippen LogP contribution in [0.3, 0.4) is 0 Å². The standard InChI is InChI=1S/C15H13BrF2IN/c1-2-20-15(9-5-3-4-6-14(9)19)10-7-13(18)11(16)8-12(10)17/h3-8,15,20H,2H2,1H3. The van der Waals surface area contributed by atoms with Crippen molar-refractivity contribution < 1.29 is 8.78 Å². The quantitative estimate of drug-likeness (QED) is 0.507. The molecule has 0 radical (unpaired) electrons. The summed E-state index contributed by atoms with van der Waals surface area (Å²) in [7, 11) is 0. The first kappa shape index (κ1) is 15.9. The lowest BCUT2D eigenvalue weighted by Gasteiger charge is -2.21. The average Bonchev–Trinajstić information content (AvgIpc) is 2.42. The van der Waals surface area contributed by atoms with Gasteiger partial charge in [0.25, 0.3) is 0 Å². The third-order valence-corrected chi connectivity index (χ3v) is 4.57. The Morgan fingerprint density at radius 2 is 1.85 bits per heavy atom. The van der Waals surface area contributed by atoms with Crippen LogP contribution in [-0.4, -0.2) is 6.54 Å². The van der Waals surface area contributed by atoms with Crippen LogP contribution in [0.1, 0.15) is 24.1 Å². The zero-order chi connectivity index (χ0) is 14.7. The fraction of sp³-hybridized carbons (Fsp3) is 0.200. The molecule has 0 bridgehead atoms. The van der Waals surface area contributed by atoms with Crippen molar-refractivity contribution in [2.45, 2.75) is 13.0 Å². The molecule has 0 fully saturated rings. The summed E-state index contributed by atoms with van der Waals surface area (Å²) in [6, 6.07) is 9.75. The highest BCUT2D eigenvalue weighted by molar-refractivity contribution is 14.1. The van der Waals surface area contributed by atoms with E-state index in [9.17, 15) is 8.78 Å². The summed E-state index contributed by atoms with van der Waals surface area (Å²) in [6.07, 6.45) is 0. The van der Waals surface area contributed by atoms with Crippen molar-refractivity contribution >= 4 is 38.5 Å². The summed E-state index contributed by atoms with van der Waals surface area (Å²) in [5.74, 6) is -0.890. The molecular weight excluding hydrogens is 439 g/mol. The van der Waals surface area contributed by atoms with E-state index in [2.05, 4.69) is 43.8 Å². The van der Waals surface area contributed by atoms with Crippen molar-refractivity contribution in [1.82, 2.24) is 5.32 Å². The number of benzene rings is 2. The molecule has 0 aliphatic rings. The van der Waals surface area contributed by atoms with E-state index in [-0.39, 0.29) is 10.5 Å².